The fraction of sp³-hybridized carbons (Fsp3) is 0.111. The van der Waals surface area contributed by atoms with Crippen molar-refractivity contribution in [2.45, 2.75) is 0 Å². The predicted octanol–water partition coefficient (Wildman–Crippen LogP) is -1.83. The zero-order valence-corrected chi connectivity index (χ0v) is 7.90. The van der Waals surface area contributed by atoms with E-state index in [1.807, 2.05) is 42.2 Å². The monoisotopic (exact) mass is 196 g/mol. The first-order valence-electron chi connectivity index (χ1n) is 3.72. The first-order valence-corrected chi connectivity index (χ1v) is 3.72. The Morgan fingerprint density at radius 3 is 2.46 bits per heavy atom. The van der Waals surface area contributed by atoms with E-state index in [-0.39, 0.29) is 12.4 Å². The van der Waals surface area contributed by atoms with Crippen molar-refractivity contribution in [1.29, 1.82) is 0 Å². The zero-order chi connectivity index (χ0) is 8.39. The van der Waals surface area contributed by atoms with Crippen molar-refractivity contribution in [3.63, 3.8) is 0 Å². The molecule has 0 aliphatic carbocycles. The molecule has 3 nitrogen and oxygen atoms in total. The van der Waals surface area contributed by atoms with Crippen LogP contribution in [0.15, 0.2) is 41.3 Å². The van der Waals surface area contributed by atoms with Crippen LogP contribution in [0.4, 0.5) is 0 Å². The maximum Gasteiger partial charge on any atom is 0.169 e. The van der Waals surface area contributed by atoms with Crippen LogP contribution in [0.2, 0.25) is 0 Å². The second-order valence-electron chi connectivity index (χ2n) is 2.63. The lowest BCUT2D eigenvalue weighted by molar-refractivity contribution is -0.671. The van der Waals surface area contributed by atoms with Gasteiger partial charge in [-0.15, -0.1) is 0 Å². The molecule has 2 heterocycles. The number of rotatable bonds is 1. The van der Waals surface area contributed by atoms with Gasteiger partial charge in [-0.2, -0.15) is 0 Å². The highest BCUT2D eigenvalue weighted by Crippen LogP contribution is 2.15. The third-order valence-corrected chi connectivity index (χ3v) is 1.70. The van der Waals surface area contributed by atoms with E-state index in [9.17, 15) is 0 Å². The number of aromatic nitrogens is 2. The predicted molar refractivity (Wildman–Crippen MR) is 43.1 cm³/mol. The summed E-state index contributed by atoms with van der Waals surface area (Å²) >= 11 is 0. The van der Waals surface area contributed by atoms with Gasteiger partial charge in [-0.3, -0.25) is 0 Å². The number of halogens is 1. The van der Waals surface area contributed by atoms with Crippen molar-refractivity contribution >= 4 is 0 Å². The number of pyridine rings is 1. The van der Waals surface area contributed by atoms with Crippen LogP contribution < -0.4 is 17.0 Å². The van der Waals surface area contributed by atoms with Gasteiger partial charge < -0.3 is 16.9 Å². The van der Waals surface area contributed by atoms with E-state index in [1.54, 1.807) is 6.20 Å². The van der Waals surface area contributed by atoms with Crippen LogP contribution in [0, 0.1) is 0 Å². The molecule has 0 radical (unpaired) electrons. The Bertz CT molecular complexity index is 356. The second-order valence-corrected chi connectivity index (χ2v) is 2.63. The van der Waals surface area contributed by atoms with Crippen molar-refractivity contribution in [2.24, 2.45) is 7.05 Å². The number of nitrogens with zero attached hydrogens (tertiary/aromatic N) is 2. The minimum Gasteiger partial charge on any atom is -1.00 e. The van der Waals surface area contributed by atoms with E-state index >= 15 is 0 Å². The summed E-state index contributed by atoms with van der Waals surface area (Å²) in [6.07, 6.45) is 5.58. The van der Waals surface area contributed by atoms with E-state index in [0.29, 0.717) is 0 Å². The molecule has 68 valence electrons. The smallest absolute Gasteiger partial charge is 0.169 e. The SMILES string of the molecule is C[n+]1ccc(-c2ccno2)cc1.[Cl-]. The van der Waals surface area contributed by atoms with Gasteiger partial charge in [0.05, 0.1) is 6.20 Å². The molecule has 2 rings (SSSR count). The molecule has 2 aromatic rings. The lowest BCUT2D eigenvalue weighted by Crippen LogP contribution is -3.00. The van der Waals surface area contributed by atoms with Crippen molar-refractivity contribution in [1.82, 2.24) is 5.16 Å². The van der Waals surface area contributed by atoms with E-state index in [4.69, 9.17) is 4.52 Å². The van der Waals surface area contributed by atoms with Gasteiger partial charge in [0.15, 0.2) is 18.2 Å². The molecule has 0 unspecified atom stereocenters. The summed E-state index contributed by atoms with van der Waals surface area (Å²) in [6, 6.07) is 5.82. The molecule has 0 aliphatic heterocycles. The Morgan fingerprint density at radius 1 is 1.23 bits per heavy atom. The van der Waals surface area contributed by atoms with Crippen LogP contribution in [0.5, 0.6) is 0 Å². The molecule has 0 aromatic carbocycles. The standard InChI is InChI=1S/C9H9N2O.ClH/c1-11-6-3-8(4-7-11)9-2-5-10-12-9;/h2-7H,1H3;1H/q+1;/p-1. The van der Waals surface area contributed by atoms with Gasteiger partial charge in [-0.25, -0.2) is 4.57 Å². The average molecular weight is 197 g/mol. The molecule has 4 heteroatoms. The lowest BCUT2D eigenvalue weighted by atomic mass is 10.2. The quantitative estimate of drug-likeness (QED) is 0.503. The fourth-order valence-corrected chi connectivity index (χ4v) is 1.03. The third kappa shape index (κ3) is 2.06. The lowest BCUT2D eigenvalue weighted by Gasteiger charge is -1.91. The molecule has 0 saturated carbocycles. The van der Waals surface area contributed by atoms with Crippen LogP contribution >= 0.6 is 0 Å². The molecule has 0 saturated heterocycles. The summed E-state index contributed by atoms with van der Waals surface area (Å²) in [4.78, 5) is 0. The maximum absolute atomic E-state index is 5.00. The molecule has 0 bridgehead atoms. The van der Waals surface area contributed by atoms with Crippen molar-refractivity contribution in [2.75, 3.05) is 0 Å². The van der Waals surface area contributed by atoms with Crippen molar-refractivity contribution in [3.8, 4) is 11.3 Å². The van der Waals surface area contributed by atoms with Gasteiger partial charge in [0.25, 0.3) is 0 Å². The molecule has 0 atom stereocenters. The van der Waals surface area contributed by atoms with Gasteiger partial charge in [-0.1, -0.05) is 5.16 Å². The van der Waals surface area contributed by atoms with Gasteiger partial charge in [-0.05, 0) is 0 Å². The second kappa shape index (κ2) is 4.05. The number of hydrogen-bond donors (Lipinski definition) is 0. The summed E-state index contributed by atoms with van der Waals surface area (Å²) < 4.78 is 6.97. The topological polar surface area (TPSA) is 29.9 Å². The maximum atomic E-state index is 5.00. The van der Waals surface area contributed by atoms with Crippen LogP contribution in [0.25, 0.3) is 11.3 Å². The Kier molecular flexibility index (Phi) is 3.03. The average Bonchev–Trinajstić information content (AvgIpc) is 2.58. The molecule has 0 amide bonds. The highest BCUT2D eigenvalue weighted by molar-refractivity contribution is 5.54. The Morgan fingerprint density at radius 2 is 1.92 bits per heavy atom. The highest BCUT2D eigenvalue weighted by atomic mass is 35.5. The van der Waals surface area contributed by atoms with Gasteiger partial charge in [0.1, 0.15) is 7.05 Å². The fourth-order valence-electron chi connectivity index (χ4n) is 1.03. The van der Waals surface area contributed by atoms with Gasteiger partial charge >= 0.3 is 0 Å². The molecule has 0 spiro atoms. The highest BCUT2D eigenvalue weighted by Gasteiger charge is 2.01. The zero-order valence-electron chi connectivity index (χ0n) is 7.14. The molecular formula is C9H9ClN2O. The van der Waals surface area contributed by atoms with Crippen LogP contribution in [0.1, 0.15) is 0 Å². The number of aryl methyl sites for hydroxylation is 1. The van der Waals surface area contributed by atoms with Crippen LogP contribution in [0.3, 0.4) is 0 Å². The summed E-state index contributed by atoms with van der Waals surface area (Å²) in [7, 11) is 1.98. The number of hydrogen-bond acceptors (Lipinski definition) is 2. The summed E-state index contributed by atoms with van der Waals surface area (Å²) in [6.45, 7) is 0. The first-order chi connectivity index (χ1) is 5.86. The summed E-state index contributed by atoms with van der Waals surface area (Å²) in [5.74, 6) is 0.801. The van der Waals surface area contributed by atoms with Crippen molar-refractivity contribution < 1.29 is 21.5 Å². The minimum atomic E-state index is 0. The van der Waals surface area contributed by atoms with E-state index in [2.05, 4.69) is 5.16 Å². The molecule has 0 aliphatic rings. The summed E-state index contributed by atoms with van der Waals surface area (Å²) in [5.41, 5.74) is 1.05. The Labute approximate surface area is 82.4 Å². The first kappa shape index (κ1) is 9.74. The molecule has 13 heavy (non-hydrogen) atoms. The molecule has 0 fully saturated rings. The van der Waals surface area contributed by atoms with E-state index in [1.165, 1.54) is 0 Å². The van der Waals surface area contributed by atoms with Gasteiger partial charge in [0, 0.05) is 23.8 Å². The third-order valence-electron chi connectivity index (χ3n) is 1.70. The van der Waals surface area contributed by atoms with Crippen molar-refractivity contribution in [3.05, 3.63) is 36.8 Å². The Balaban J connectivity index is 0.000000845. The normalized spacial score (nSPS) is 9.31. The molecular weight excluding hydrogens is 188 g/mol. The van der Waals surface area contributed by atoms with E-state index < -0.39 is 0 Å². The largest absolute Gasteiger partial charge is 1.00 e. The Hall–Kier alpha value is -1.35. The van der Waals surface area contributed by atoms with Crippen LogP contribution in [-0.2, 0) is 7.05 Å². The van der Waals surface area contributed by atoms with Gasteiger partial charge in [0.2, 0.25) is 0 Å². The van der Waals surface area contributed by atoms with Crippen LogP contribution in [-0.4, -0.2) is 5.16 Å². The summed E-state index contributed by atoms with van der Waals surface area (Å²) in [5, 5.41) is 3.64. The molecule has 2 aromatic heterocycles. The minimum absolute atomic E-state index is 0. The van der Waals surface area contributed by atoms with E-state index in [0.717, 1.165) is 11.3 Å². The molecule has 0 N–H and O–H groups in total.